The van der Waals surface area contributed by atoms with Crippen LogP contribution in [0.1, 0.15) is 0 Å². The minimum absolute atomic E-state index is 0.353. The Morgan fingerprint density at radius 1 is 0.417 bits per heavy atom. The minimum atomic E-state index is -0.353. The summed E-state index contributed by atoms with van der Waals surface area (Å²) >= 11 is -0.707. The molecule has 0 heterocycles. The molecule has 0 saturated carbocycles. The van der Waals surface area contributed by atoms with Crippen LogP contribution in [0.5, 0.6) is 0 Å². The summed E-state index contributed by atoms with van der Waals surface area (Å²) in [6.45, 7) is 0. The van der Waals surface area contributed by atoms with Gasteiger partial charge in [0.25, 0.3) is 0 Å². The third kappa shape index (κ3) is 3.69. The van der Waals surface area contributed by atoms with Crippen molar-refractivity contribution in [3.05, 3.63) is 97.1 Å². The standard InChI is InChI=1S/C22H16Te2/c1-3-11-18(12-4-1)23-20-15-7-9-17-10-8-16-21(22(17)20)24-19-13-5-2-6-14-19/h1-16H. The number of hydrogen-bond donors (Lipinski definition) is 0. The SMILES string of the molecule is c1ccc([Te]c2cccc3cccc([Te]c4ccccc4)c23)cc1. The van der Waals surface area contributed by atoms with Crippen LogP contribution < -0.4 is 14.4 Å². The average molecular weight is 536 g/mol. The monoisotopic (exact) mass is 540 g/mol. The van der Waals surface area contributed by atoms with Gasteiger partial charge in [0, 0.05) is 0 Å². The Labute approximate surface area is 163 Å². The number of rotatable bonds is 4. The second kappa shape index (κ2) is 7.73. The molecule has 0 nitrogen and oxygen atoms in total. The fraction of sp³-hybridized carbons (Fsp3) is 0. The van der Waals surface area contributed by atoms with E-state index in [9.17, 15) is 0 Å². The Morgan fingerprint density at radius 2 is 0.875 bits per heavy atom. The molecule has 0 saturated heterocycles. The van der Waals surface area contributed by atoms with Crippen molar-refractivity contribution < 1.29 is 0 Å². The summed E-state index contributed by atoms with van der Waals surface area (Å²) in [6, 6.07) is 35.6. The fourth-order valence-electron chi connectivity index (χ4n) is 2.67. The molecule has 4 aromatic carbocycles. The Hall–Kier alpha value is -1.28. The molecule has 0 atom stereocenters. The quantitative estimate of drug-likeness (QED) is 0.352. The van der Waals surface area contributed by atoms with E-state index < -0.39 is 0 Å². The van der Waals surface area contributed by atoms with Crippen LogP contribution >= 0.6 is 0 Å². The summed E-state index contributed by atoms with van der Waals surface area (Å²) in [5.41, 5.74) is 0. The van der Waals surface area contributed by atoms with Gasteiger partial charge in [-0.3, -0.25) is 0 Å². The first-order chi connectivity index (χ1) is 11.9. The van der Waals surface area contributed by atoms with Crippen LogP contribution in [0.25, 0.3) is 10.8 Å². The molecule has 0 aliphatic heterocycles. The van der Waals surface area contributed by atoms with Gasteiger partial charge in [-0.05, 0) is 0 Å². The Morgan fingerprint density at radius 3 is 1.33 bits per heavy atom. The summed E-state index contributed by atoms with van der Waals surface area (Å²) in [6.07, 6.45) is 0. The molecule has 116 valence electrons. The molecule has 0 N–H and O–H groups in total. The van der Waals surface area contributed by atoms with Gasteiger partial charge >= 0.3 is 164 Å². The van der Waals surface area contributed by atoms with Crippen LogP contribution in [0.15, 0.2) is 97.1 Å². The van der Waals surface area contributed by atoms with Crippen LogP contribution in [0, 0.1) is 0 Å². The molecule has 24 heavy (non-hydrogen) atoms. The van der Waals surface area contributed by atoms with E-state index >= 15 is 0 Å². The second-order valence-corrected chi connectivity index (χ2v) is 11.8. The van der Waals surface area contributed by atoms with Gasteiger partial charge in [0.2, 0.25) is 0 Å². The van der Waals surface area contributed by atoms with Gasteiger partial charge in [-0.1, -0.05) is 0 Å². The molecular formula is C22H16Te2. The molecule has 0 aliphatic carbocycles. The zero-order valence-corrected chi connectivity index (χ0v) is 17.7. The van der Waals surface area contributed by atoms with Crippen molar-refractivity contribution in [3.63, 3.8) is 0 Å². The van der Waals surface area contributed by atoms with Gasteiger partial charge in [-0.2, -0.15) is 0 Å². The predicted octanol–water partition coefficient (Wildman–Crippen LogP) is 2.15. The van der Waals surface area contributed by atoms with E-state index in [0.717, 1.165) is 0 Å². The molecular weight excluding hydrogens is 519 g/mol. The number of fused-ring (bicyclic) bond motifs is 1. The van der Waals surface area contributed by atoms with Crippen molar-refractivity contribution in [2.75, 3.05) is 0 Å². The zero-order chi connectivity index (χ0) is 16.2. The van der Waals surface area contributed by atoms with Crippen molar-refractivity contribution in [2.45, 2.75) is 0 Å². The summed E-state index contributed by atoms with van der Waals surface area (Å²) in [5.74, 6) is 0. The van der Waals surface area contributed by atoms with E-state index in [1.807, 2.05) is 0 Å². The Kier molecular flexibility index (Phi) is 5.22. The predicted molar refractivity (Wildman–Crippen MR) is 107 cm³/mol. The molecule has 0 fully saturated rings. The van der Waals surface area contributed by atoms with Crippen LogP contribution in [-0.4, -0.2) is 41.8 Å². The molecule has 0 aliphatic rings. The first-order valence-electron chi connectivity index (χ1n) is 7.88. The number of hydrogen-bond acceptors (Lipinski definition) is 0. The van der Waals surface area contributed by atoms with Gasteiger partial charge in [0.15, 0.2) is 0 Å². The maximum absolute atomic E-state index is 2.35. The Bertz CT molecular complexity index is 871. The van der Waals surface area contributed by atoms with Crippen molar-refractivity contribution in [2.24, 2.45) is 0 Å². The molecule has 4 aromatic rings. The molecule has 0 unspecified atom stereocenters. The molecule has 0 amide bonds. The van der Waals surface area contributed by atoms with Crippen LogP contribution in [-0.2, 0) is 0 Å². The van der Waals surface area contributed by atoms with Crippen molar-refractivity contribution in [1.29, 1.82) is 0 Å². The van der Waals surface area contributed by atoms with Crippen LogP contribution in [0.3, 0.4) is 0 Å². The summed E-state index contributed by atoms with van der Waals surface area (Å²) in [7, 11) is 0. The molecule has 4 rings (SSSR count). The van der Waals surface area contributed by atoms with E-state index in [1.165, 1.54) is 18.0 Å². The van der Waals surface area contributed by atoms with Gasteiger partial charge in [-0.15, -0.1) is 0 Å². The molecule has 0 bridgehead atoms. The number of benzene rings is 4. The van der Waals surface area contributed by atoms with E-state index in [-0.39, 0.29) is 41.8 Å². The Balaban J connectivity index is 1.79. The van der Waals surface area contributed by atoms with Crippen molar-refractivity contribution in [3.8, 4) is 0 Å². The van der Waals surface area contributed by atoms with Gasteiger partial charge < -0.3 is 0 Å². The van der Waals surface area contributed by atoms with Crippen molar-refractivity contribution in [1.82, 2.24) is 0 Å². The normalized spacial score (nSPS) is 10.8. The summed E-state index contributed by atoms with van der Waals surface area (Å²) in [4.78, 5) is 0. The first-order valence-corrected chi connectivity index (χ1v) is 12.5. The van der Waals surface area contributed by atoms with E-state index in [4.69, 9.17) is 0 Å². The zero-order valence-electron chi connectivity index (χ0n) is 13.1. The van der Waals surface area contributed by atoms with E-state index in [0.29, 0.717) is 0 Å². The second-order valence-electron chi connectivity index (χ2n) is 5.44. The molecule has 0 spiro atoms. The van der Waals surface area contributed by atoms with Crippen LogP contribution in [0.2, 0.25) is 0 Å². The third-order valence-electron chi connectivity index (χ3n) is 3.77. The van der Waals surface area contributed by atoms with E-state index in [2.05, 4.69) is 97.1 Å². The average Bonchev–Trinajstić information content (AvgIpc) is 2.64. The molecule has 0 aromatic heterocycles. The summed E-state index contributed by atoms with van der Waals surface area (Å²) in [5, 5.41) is 2.92. The topological polar surface area (TPSA) is 0 Å². The third-order valence-corrected chi connectivity index (χ3v) is 9.87. The summed E-state index contributed by atoms with van der Waals surface area (Å²) < 4.78 is 6.15. The van der Waals surface area contributed by atoms with Gasteiger partial charge in [0.05, 0.1) is 0 Å². The maximum atomic E-state index is 2.35. The van der Waals surface area contributed by atoms with Gasteiger partial charge in [0.1, 0.15) is 0 Å². The first kappa shape index (κ1) is 16.2. The van der Waals surface area contributed by atoms with Crippen molar-refractivity contribution >= 4 is 67.1 Å². The van der Waals surface area contributed by atoms with Crippen LogP contribution in [0.4, 0.5) is 0 Å². The fourth-order valence-corrected chi connectivity index (χ4v) is 9.14. The van der Waals surface area contributed by atoms with E-state index in [1.54, 1.807) is 7.22 Å². The van der Waals surface area contributed by atoms with Gasteiger partial charge in [-0.25, -0.2) is 0 Å². The molecule has 0 radical (unpaired) electrons. The molecule has 2 heteroatoms.